The van der Waals surface area contributed by atoms with Crippen LogP contribution in [0, 0.1) is 5.82 Å². The molecule has 1 aromatic carbocycles. The average Bonchev–Trinajstić information content (AvgIpc) is 3.10. The Labute approximate surface area is 178 Å². The van der Waals surface area contributed by atoms with Gasteiger partial charge >= 0.3 is 0 Å². The molecular formula is C23H23ClF3N3. The highest BCUT2D eigenvalue weighted by Gasteiger charge is 2.40. The summed E-state index contributed by atoms with van der Waals surface area (Å²) in [5.41, 5.74) is 4.02. The van der Waals surface area contributed by atoms with Crippen LogP contribution in [0.5, 0.6) is 0 Å². The second-order valence-electron chi connectivity index (χ2n) is 8.60. The number of nitrogens with zero attached hydrogens (tertiary/aromatic N) is 3. The SMILES string of the molecule is CN1C2CCC1c1c(n(CCc3ccc(C(C)(F)F)nc3)c3cc(F)c(Cl)cc13)C2. The molecule has 4 heterocycles. The van der Waals surface area contributed by atoms with E-state index in [1.54, 1.807) is 12.1 Å². The molecule has 0 saturated carbocycles. The molecule has 30 heavy (non-hydrogen) atoms. The maximum atomic E-state index is 14.3. The maximum absolute atomic E-state index is 14.3. The molecule has 2 aromatic heterocycles. The molecule has 0 aliphatic carbocycles. The average molecular weight is 434 g/mol. The number of fused-ring (bicyclic) bond motifs is 6. The fourth-order valence-electron chi connectivity index (χ4n) is 5.17. The van der Waals surface area contributed by atoms with Crippen molar-refractivity contribution in [2.24, 2.45) is 0 Å². The molecule has 3 aromatic rings. The summed E-state index contributed by atoms with van der Waals surface area (Å²) < 4.78 is 43.4. The number of pyridine rings is 1. The first-order valence-corrected chi connectivity index (χ1v) is 10.7. The van der Waals surface area contributed by atoms with Gasteiger partial charge in [0.25, 0.3) is 5.92 Å². The number of aryl methyl sites for hydroxylation is 2. The van der Waals surface area contributed by atoms with Gasteiger partial charge in [0.1, 0.15) is 11.5 Å². The molecule has 5 rings (SSSR count). The lowest BCUT2D eigenvalue weighted by atomic mass is 9.97. The smallest absolute Gasteiger partial charge is 0.286 e. The van der Waals surface area contributed by atoms with Crippen LogP contribution in [-0.4, -0.2) is 27.5 Å². The van der Waals surface area contributed by atoms with E-state index < -0.39 is 11.7 Å². The second kappa shape index (κ2) is 6.99. The van der Waals surface area contributed by atoms with Crippen LogP contribution in [0.4, 0.5) is 13.2 Å². The third kappa shape index (κ3) is 3.12. The lowest BCUT2D eigenvalue weighted by molar-refractivity contribution is 0.0127. The Bertz CT molecular complexity index is 1120. The van der Waals surface area contributed by atoms with Crippen LogP contribution >= 0.6 is 11.6 Å². The fourth-order valence-corrected chi connectivity index (χ4v) is 5.33. The van der Waals surface area contributed by atoms with Crippen LogP contribution < -0.4 is 0 Å². The topological polar surface area (TPSA) is 21.1 Å². The van der Waals surface area contributed by atoms with Crippen molar-refractivity contribution in [2.75, 3.05) is 7.05 Å². The highest BCUT2D eigenvalue weighted by molar-refractivity contribution is 6.31. The molecule has 2 bridgehead atoms. The van der Waals surface area contributed by atoms with E-state index in [1.165, 1.54) is 29.6 Å². The number of likely N-dealkylation sites (N-methyl/N-ethyl adjacent to an activating group) is 1. The Kier molecular flexibility index (Phi) is 4.63. The van der Waals surface area contributed by atoms with Gasteiger partial charge < -0.3 is 4.57 Å². The summed E-state index contributed by atoms with van der Waals surface area (Å²) in [7, 11) is 2.16. The van der Waals surface area contributed by atoms with Crippen molar-refractivity contribution >= 4 is 22.5 Å². The highest BCUT2D eigenvalue weighted by Crippen LogP contribution is 2.47. The van der Waals surface area contributed by atoms with Crippen LogP contribution in [0.3, 0.4) is 0 Å². The van der Waals surface area contributed by atoms with E-state index >= 15 is 0 Å². The van der Waals surface area contributed by atoms with Crippen molar-refractivity contribution < 1.29 is 13.2 Å². The first kappa shape index (κ1) is 19.9. The largest absolute Gasteiger partial charge is 0.344 e. The fraction of sp³-hybridized carbons (Fsp3) is 0.435. The molecule has 0 amide bonds. The first-order valence-electron chi connectivity index (χ1n) is 10.3. The number of hydrogen-bond acceptors (Lipinski definition) is 2. The van der Waals surface area contributed by atoms with Gasteiger partial charge in [0.05, 0.1) is 10.5 Å². The summed E-state index contributed by atoms with van der Waals surface area (Å²) in [4.78, 5) is 6.35. The van der Waals surface area contributed by atoms with Crippen molar-refractivity contribution in [3.63, 3.8) is 0 Å². The standard InChI is InChI=1S/C23H23ClF3N3/c1-23(26,27)21-6-3-13(12-28-21)7-8-30-19-11-17(25)16(24)10-15(19)22-18-5-4-14(29(18)2)9-20(22)30/h3,6,10-12,14,18H,4-5,7-9H2,1-2H3. The minimum atomic E-state index is -2.95. The third-order valence-corrected chi connectivity index (χ3v) is 7.05. The molecule has 2 unspecified atom stereocenters. The van der Waals surface area contributed by atoms with Crippen molar-refractivity contribution in [2.45, 2.75) is 57.2 Å². The Morgan fingerprint density at radius 2 is 2.03 bits per heavy atom. The number of halogens is 4. The van der Waals surface area contributed by atoms with E-state index in [2.05, 4.69) is 21.5 Å². The summed E-state index contributed by atoms with van der Waals surface area (Å²) in [6.07, 6.45) is 5.32. The number of hydrogen-bond donors (Lipinski definition) is 0. The Balaban J connectivity index is 1.53. The summed E-state index contributed by atoms with van der Waals surface area (Å²) in [5, 5.41) is 1.17. The quantitative estimate of drug-likeness (QED) is 0.512. The Morgan fingerprint density at radius 3 is 2.73 bits per heavy atom. The summed E-state index contributed by atoms with van der Waals surface area (Å²) in [6.45, 7) is 1.48. The normalized spacial score (nSPS) is 21.4. The zero-order chi connectivity index (χ0) is 21.2. The molecular weight excluding hydrogens is 411 g/mol. The Hall–Kier alpha value is -2.05. The van der Waals surface area contributed by atoms with Gasteiger partial charge in [0.15, 0.2) is 0 Å². The van der Waals surface area contributed by atoms with Crippen LogP contribution in [0.15, 0.2) is 30.5 Å². The summed E-state index contributed by atoms with van der Waals surface area (Å²) in [5.74, 6) is -3.37. The Morgan fingerprint density at radius 1 is 1.23 bits per heavy atom. The molecule has 3 nitrogen and oxygen atoms in total. The number of benzene rings is 1. The summed E-state index contributed by atoms with van der Waals surface area (Å²) >= 11 is 6.13. The minimum Gasteiger partial charge on any atom is -0.344 e. The zero-order valence-electron chi connectivity index (χ0n) is 16.9. The van der Waals surface area contributed by atoms with E-state index in [0.717, 1.165) is 42.7 Å². The molecule has 2 aliphatic rings. The number of aromatic nitrogens is 2. The van der Waals surface area contributed by atoms with Gasteiger partial charge in [-0.25, -0.2) is 4.39 Å². The molecule has 2 atom stereocenters. The lowest BCUT2D eigenvalue weighted by Crippen LogP contribution is -2.34. The molecule has 1 saturated heterocycles. The van der Waals surface area contributed by atoms with Gasteiger partial charge in [-0.3, -0.25) is 9.88 Å². The van der Waals surface area contributed by atoms with Gasteiger partial charge in [-0.05, 0) is 55.6 Å². The second-order valence-corrected chi connectivity index (χ2v) is 9.01. The van der Waals surface area contributed by atoms with Crippen molar-refractivity contribution in [1.82, 2.24) is 14.5 Å². The van der Waals surface area contributed by atoms with E-state index in [-0.39, 0.29) is 10.7 Å². The van der Waals surface area contributed by atoms with Gasteiger partial charge in [0.2, 0.25) is 0 Å². The van der Waals surface area contributed by atoms with E-state index in [4.69, 9.17) is 11.6 Å². The van der Waals surface area contributed by atoms with Crippen molar-refractivity contribution in [1.29, 1.82) is 0 Å². The molecule has 158 valence electrons. The molecule has 7 heteroatoms. The van der Waals surface area contributed by atoms with Crippen molar-refractivity contribution in [3.8, 4) is 0 Å². The zero-order valence-corrected chi connectivity index (χ0v) is 17.7. The van der Waals surface area contributed by atoms with E-state index in [9.17, 15) is 13.2 Å². The predicted molar refractivity (Wildman–Crippen MR) is 112 cm³/mol. The maximum Gasteiger partial charge on any atom is 0.286 e. The molecule has 0 spiro atoms. The van der Waals surface area contributed by atoms with E-state index in [0.29, 0.717) is 25.0 Å². The molecule has 0 N–H and O–H groups in total. The van der Waals surface area contributed by atoms with Gasteiger partial charge in [-0.15, -0.1) is 0 Å². The van der Waals surface area contributed by atoms with Gasteiger partial charge in [-0.1, -0.05) is 17.7 Å². The van der Waals surface area contributed by atoms with Crippen LogP contribution in [0.1, 0.15) is 48.3 Å². The van der Waals surface area contributed by atoms with Crippen LogP contribution in [0.25, 0.3) is 10.9 Å². The van der Waals surface area contributed by atoms with E-state index in [1.807, 2.05) is 0 Å². The monoisotopic (exact) mass is 433 g/mol. The first-order chi connectivity index (χ1) is 14.2. The van der Waals surface area contributed by atoms with Crippen LogP contribution in [-0.2, 0) is 25.3 Å². The third-order valence-electron chi connectivity index (χ3n) is 6.76. The molecule has 1 fully saturated rings. The lowest BCUT2D eigenvalue weighted by Gasteiger charge is -2.32. The number of rotatable bonds is 4. The highest BCUT2D eigenvalue weighted by atomic mass is 35.5. The van der Waals surface area contributed by atoms with Gasteiger partial charge in [-0.2, -0.15) is 8.78 Å². The number of alkyl halides is 2. The predicted octanol–water partition coefficient (Wildman–Crippen LogP) is 5.87. The van der Waals surface area contributed by atoms with Crippen LogP contribution in [0.2, 0.25) is 5.02 Å². The molecule has 0 radical (unpaired) electrons. The summed E-state index contributed by atoms with van der Waals surface area (Å²) in [6, 6.07) is 7.20. The minimum absolute atomic E-state index is 0.144. The molecule has 2 aliphatic heterocycles. The van der Waals surface area contributed by atoms with Crippen molar-refractivity contribution in [3.05, 3.63) is 63.8 Å². The van der Waals surface area contributed by atoms with Gasteiger partial charge in [0, 0.05) is 49.2 Å².